The van der Waals surface area contributed by atoms with E-state index in [1.165, 1.54) is 35.2 Å². The molecule has 1 aliphatic heterocycles. The maximum Gasteiger partial charge on any atom is 0.318 e. The van der Waals surface area contributed by atoms with Gasteiger partial charge in [0.2, 0.25) is 5.75 Å². The number of carbonyl (C=O) groups is 2. The molecule has 36 heavy (non-hydrogen) atoms. The summed E-state index contributed by atoms with van der Waals surface area (Å²) in [5.41, 5.74) is -0.299. The van der Waals surface area contributed by atoms with Crippen LogP contribution in [-0.2, 0) is 9.59 Å². The van der Waals surface area contributed by atoms with Crippen LogP contribution in [0.25, 0.3) is 6.08 Å². The predicted molar refractivity (Wildman–Crippen MR) is 134 cm³/mol. The molecule has 1 saturated heterocycles. The van der Waals surface area contributed by atoms with Crippen LogP contribution < -0.4 is 15.0 Å². The van der Waals surface area contributed by atoms with Gasteiger partial charge in [-0.3, -0.25) is 40.0 Å². The van der Waals surface area contributed by atoms with Crippen LogP contribution in [0.2, 0.25) is 5.02 Å². The van der Waals surface area contributed by atoms with E-state index in [9.17, 15) is 29.8 Å². The second-order valence-corrected chi connectivity index (χ2v) is 8.09. The average molecular weight is 525 g/mol. The molecular weight excluding hydrogens is 512 g/mol. The van der Waals surface area contributed by atoms with Gasteiger partial charge in [0.15, 0.2) is 5.11 Å². The molecule has 1 heterocycles. The van der Waals surface area contributed by atoms with E-state index in [1.54, 1.807) is 24.3 Å². The standard InChI is InChI=1S/C23H13ClN4O7S/c24-14-3-5-15(6-4-14)26-22(30)18(21(29)25-23(26)36)11-13-1-8-17(9-2-13)35-20-10-7-16(27(31)32)12-19(20)28(33)34/h1-12H,(H,25,29,36)/b18-11+. The first-order valence-electron chi connectivity index (χ1n) is 10.0. The molecule has 4 rings (SSSR count). The highest BCUT2D eigenvalue weighted by molar-refractivity contribution is 7.80. The minimum Gasteiger partial charge on any atom is -0.450 e. The average Bonchev–Trinajstić information content (AvgIpc) is 2.84. The van der Waals surface area contributed by atoms with Crippen LogP contribution in [0.5, 0.6) is 11.5 Å². The van der Waals surface area contributed by atoms with Crippen molar-refractivity contribution in [3.8, 4) is 11.5 Å². The Kier molecular flexibility index (Phi) is 6.72. The molecule has 0 aromatic heterocycles. The molecule has 3 aromatic rings. The summed E-state index contributed by atoms with van der Waals surface area (Å²) >= 11 is 11.1. The largest absolute Gasteiger partial charge is 0.450 e. The van der Waals surface area contributed by atoms with Crippen LogP contribution in [-0.4, -0.2) is 26.8 Å². The molecule has 0 unspecified atom stereocenters. The second-order valence-electron chi connectivity index (χ2n) is 7.27. The van der Waals surface area contributed by atoms with Gasteiger partial charge < -0.3 is 4.74 Å². The van der Waals surface area contributed by atoms with Gasteiger partial charge in [-0.05, 0) is 66.3 Å². The Morgan fingerprint density at radius 2 is 1.61 bits per heavy atom. The summed E-state index contributed by atoms with van der Waals surface area (Å²) in [5.74, 6) is -1.30. The maximum absolute atomic E-state index is 13.1. The molecule has 3 aromatic carbocycles. The zero-order valence-electron chi connectivity index (χ0n) is 17.9. The van der Waals surface area contributed by atoms with Crippen LogP contribution in [0.3, 0.4) is 0 Å². The lowest BCUT2D eigenvalue weighted by Crippen LogP contribution is -2.54. The monoisotopic (exact) mass is 524 g/mol. The summed E-state index contributed by atoms with van der Waals surface area (Å²) < 4.78 is 5.52. The Morgan fingerprint density at radius 1 is 0.944 bits per heavy atom. The minimum absolute atomic E-state index is 0.0714. The number of anilines is 1. The van der Waals surface area contributed by atoms with Gasteiger partial charge in [-0.1, -0.05) is 23.7 Å². The van der Waals surface area contributed by atoms with Gasteiger partial charge in [-0.2, -0.15) is 0 Å². The van der Waals surface area contributed by atoms with Crippen molar-refractivity contribution in [3.63, 3.8) is 0 Å². The summed E-state index contributed by atoms with van der Waals surface area (Å²) in [6, 6.07) is 15.3. The lowest BCUT2D eigenvalue weighted by Gasteiger charge is -2.28. The van der Waals surface area contributed by atoms with Crippen molar-refractivity contribution >= 4 is 63.9 Å². The van der Waals surface area contributed by atoms with Gasteiger partial charge in [0.1, 0.15) is 11.3 Å². The first-order chi connectivity index (χ1) is 17.1. The Morgan fingerprint density at radius 3 is 2.22 bits per heavy atom. The molecule has 0 saturated carbocycles. The second kappa shape index (κ2) is 9.90. The van der Waals surface area contributed by atoms with E-state index >= 15 is 0 Å². The highest BCUT2D eigenvalue weighted by Crippen LogP contribution is 2.34. The number of nitrogens with one attached hydrogen (secondary N) is 1. The zero-order valence-corrected chi connectivity index (χ0v) is 19.5. The van der Waals surface area contributed by atoms with Gasteiger partial charge in [0.25, 0.3) is 17.5 Å². The van der Waals surface area contributed by atoms with E-state index in [1.807, 2.05) is 0 Å². The third kappa shape index (κ3) is 5.04. The number of ether oxygens (including phenoxy) is 1. The Bertz CT molecular complexity index is 1460. The summed E-state index contributed by atoms with van der Waals surface area (Å²) in [6.45, 7) is 0. The lowest BCUT2D eigenvalue weighted by molar-refractivity contribution is -0.394. The van der Waals surface area contributed by atoms with E-state index < -0.39 is 33.0 Å². The van der Waals surface area contributed by atoms with E-state index in [0.717, 1.165) is 18.2 Å². The van der Waals surface area contributed by atoms with Crippen molar-refractivity contribution in [2.24, 2.45) is 0 Å². The topological polar surface area (TPSA) is 145 Å². The SMILES string of the molecule is O=C1NC(=S)N(c2ccc(Cl)cc2)C(=O)/C1=C/c1ccc(Oc2ccc([N+](=O)[O-])cc2[N+](=O)[O-])cc1. The third-order valence-corrected chi connectivity index (χ3v) is 5.49. The number of benzene rings is 3. The van der Waals surface area contributed by atoms with E-state index in [0.29, 0.717) is 16.3 Å². The van der Waals surface area contributed by atoms with Crippen LogP contribution in [0.1, 0.15) is 5.56 Å². The third-order valence-electron chi connectivity index (χ3n) is 4.96. The molecule has 0 radical (unpaired) electrons. The molecule has 1 aliphatic rings. The Hall–Kier alpha value is -4.68. The van der Waals surface area contributed by atoms with Crippen molar-refractivity contribution in [2.45, 2.75) is 0 Å². The molecule has 180 valence electrons. The number of halogens is 1. The van der Waals surface area contributed by atoms with Crippen LogP contribution in [0, 0.1) is 20.2 Å². The summed E-state index contributed by atoms with van der Waals surface area (Å²) in [7, 11) is 0. The van der Waals surface area contributed by atoms with Crippen molar-refractivity contribution in [2.75, 3.05) is 4.90 Å². The first kappa shape index (κ1) is 24.4. The quantitative estimate of drug-likeness (QED) is 0.159. The number of nitro groups is 2. The molecule has 0 spiro atoms. The highest BCUT2D eigenvalue weighted by atomic mass is 35.5. The molecule has 13 heteroatoms. The summed E-state index contributed by atoms with van der Waals surface area (Å²) in [4.78, 5) is 47.4. The normalized spacial score (nSPS) is 14.5. The number of hydrogen-bond acceptors (Lipinski definition) is 8. The fourth-order valence-electron chi connectivity index (χ4n) is 3.26. The number of non-ortho nitro benzene ring substituents is 1. The molecule has 0 atom stereocenters. The predicted octanol–water partition coefficient (Wildman–Crippen LogP) is 4.78. The lowest BCUT2D eigenvalue weighted by atomic mass is 10.1. The van der Waals surface area contributed by atoms with Crippen LogP contribution in [0.15, 0.2) is 72.3 Å². The summed E-state index contributed by atoms with van der Waals surface area (Å²) in [6.07, 6.45) is 1.36. The van der Waals surface area contributed by atoms with E-state index in [2.05, 4.69) is 5.32 Å². The van der Waals surface area contributed by atoms with Crippen molar-refractivity contribution < 1.29 is 24.2 Å². The van der Waals surface area contributed by atoms with Gasteiger partial charge >= 0.3 is 5.69 Å². The van der Waals surface area contributed by atoms with Gasteiger partial charge in [0, 0.05) is 11.1 Å². The van der Waals surface area contributed by atoms with Gasteiger partial charge in [-0.25, -0.2) is 0 Å². The van der Waals surface area contributed by atoms with E-state index in [4.69, 9.17) is 28.6 Å². The zero-order chi connectivity index (χ0) is 26.0. The van der Waals surface area contributed by atoms with Crippen LogP contribution in [0.4, 0.5) is 17.1 Å². The number of amides is 2. The molecule has 2 amide bonds. The number of carbonyl (C=O) groups excluding carboxylic acids is 2. The minimum atomic E-state index is -0.786. The molecule has 1 fully saturated rings. The number of nitro benzene ring substituents is 2. The highest BCUT2D eigenvalue weighted by Gasteiger charge is 2.34. The van der Waals surface area contributed by atoms with Gasteiger partial charge in [-0.15, -0.1) is 0 Å². The van der Waals surface area contributed by atoms with E-state index in [-0.39, 0.29) is 22.2 Å². The Labute approximate surface area is 212 Å². The van der Waals surface area contributed by atoms with Crippen molar-refractivity contribution in [1.29, 1.82) is 0 Å². The molecule has 1 N–H and O–H groups in total. The number of hydrogen-bond donors (Lipinski definition) is 1. The number of thiocarbonyl (C=S) groups is 1. The molecule has 0 aliphatic carbocycles. The van der Waals surface area contributed by atoms with Crippen LogP contribution >= 0.6 is 23.8 Å². The number of nitrogens with zero attached hydrogens (tertiary/aromatic N) is 3. The fourth-order valence-corrected chi connectivity index (χ4v) is 3.66. The fraction of sp³-hybridized carbons (Fsp3) is 0. The van der Waals surface area contributed by atoms with Crippen molar-refractivity contribution in [3.05, 3.63) is 103 Å². The molecule has 0 bridgehead atoms. The van der Waals surface area contributed by atoms with Gasteiger partial charge in [0.05, 0.1) is 21.6 Å². The first-order valence-corrected chi connectivity index (χ1v) is 10.8. The summed E-state index contributed by atoms with van der Waals surface area (Å²) in [5, 5.41) is 25.1. The maximum atomic E-state index is 13.1. The number of rotatable bonds is 6. The Balaban J connectivity index is 1.58. The molecule has 11 nitrogen and oxygen atoms in total. The molecular formula is C23H13ClN4O7S. The van der Waals surface area contributed by atoms with Crippen molar-refractivity contribution in [1.82, 2.24) is 5.32 Å². The smallest absolute Gasteiger partial charge is 0.318 e.